The van der Waals surface area contributed by atoms with Gasteiger partial charge in [-0.05, 0) is 25.7 Å². The highest BCUT2D eigenvalue weighted by atomic mass is 16.6. The summed E-state index contributed by atoms with van der Waals surface area (Å²) in [5.74, 6) is 0. The molecule has 0 radical (unpaired) electrons. The van der Waals surface area contributed by atoms with Crippen LogP contribution in [-0.4, -0.2) is 38.5 Å². The van der Waals surface area contributed by atoms with Gasteiger partial charge >= 0.3 is 12.2 Å². The standard InChI is InChI=1S/C37H74N2O4/c1-5-9-11-13-15-17-19-21-23-25-27-29-31-38-35(40)42-33-37(7-3,8-4)34-43-36(41)39-32-30-28-26-24-22-20-18-16-14-12-10-6-2/h5-34H2,1-4H3,(H,38,40)(H,39,41). The first-order valence-electron chi connectivity index (χ1n) is 18.8. The van der Waals surface area contributed by atoms with Crippen LogP contribution in [-0.2, 0) is 9.47 Å². The number of rotatable bonds is 32. The first-order chi connectivity index (χ1) is 21.0. The number of amides is 2. The Morgan fingerprint density at radius 2 is 0.674 bits per heavy atom. The molecule has 256 valence electrons. The Bertz CT molecular complexity index is 561. The molecule has 0 fully saturated rings. The van der Waals surface area contributed by atoms with Gasteiger partial charge in [0, 0.05) is 18.5 Å². The number of unbranched alkanes of at least 4 members (excludes halogenated alkanes) is 22. The molecule has 0 atom stereocenters. The summed E-state index contributed by atoms with van der Waals surface area (Å²) in [6, 6.07) is 0. The van der Waals surface area contributed by atoms with Crippen LogP contribution in [0.15, 0.2) is 0 Å². The third kappa shape index (κ3) is 27.8. The normalized spacial score (nSPS) is 11.4. The number of nitrogens with one attached hydrogen (secondary N) is 2. The molecule has 0 saturated carbocycles. The maximum absolute atomic E-state index is 12.3. The van der Waals surface area contributed by atoms with Crippen LogP contribution in [0.2, 0.25) is 0 Å². The molecule has 0 aromatic heterocycles. The van der Waals surface area contributed by atoms with Gasteiger partial charge in [0.2, 0.25) is 0 Å². The summed E-state index contributed by atoms with van der Waals surface area (Å²) in [5, 5.41) is 5.78. The Balaban J connectivity index is 3.78. The molecular formula is C37H74N2O4. The van der Waals surface area contributed by atoms with Crippen molar-refractivity contribution in [2.45, 2.75) is 195 Å². The SMILES string of the molecule is CCCCCCCCCCCCCCNC(=O)OCC(CC)(CC)COC(=O)NCCCCCCCCCCCCCC. The summed E-state index contributed by atoms with van der Waals surface area (Å²) in [4.78, 5) is 24.5. The summed E-state index contributed by atoms with van der Waals surface area (Å²) >= 11 is 0. The quantitative estimate of drug-likeness (QED) is 0.0743. The number of hydrogen-bond donors (Lipinski definition) is 2. The fraction of sp³-hybridized carbons (Fsp3) is 0.946. The molecule has 6 nitrogen and oxygen atoms in total. The predicted octanol–water partition coefficient (Wildman–Crippen LogP) is 11.6. The van der Waals surface area contributed by atoms with Gasteiger partial charge in [0.1, 0.15) is 13.2 Å². The van der Waals surface area contributed by atoms with Crippen molar-refractivity contribution in [3.8, 4) is 0 Å². The van der Waals surface area contributed by atoms with Gasteiger partial charge in [0.15, 0.2) is 0 Å². The second-order valence-corrected chi connectivity index (χ2v) is 13.0. The van der Waals surface area contributed by atoms with Crippen LogP contribution < -0.4 is 10.6 Å². The topological polar surface area (TPSA) is 76.7 Å². The lowest BCUT2D eigenvalue weighted by molar-refractivity contribution is 0.0210. The van der Waals surface area contributed by atoms with Crippen molar-refractivity contribution in [3.05, 3.63) is 0 Å². The highest BCUT2D eigenvalue weighted by Crippen LogP contribution is 2.27. The largest absolute Gasteiger partial charge is 0.449 e. The number of carbonyl (C=O) groups excluding carboxylic acids is 2. The lowest BCUT2D eigenvalue weighted by atomic mass is 9.84. The van der Waals surface area contributed by atoms with Crippen LogP contribution in [0.4, 0.5) is 9.59 Å². The van der Waals surface area contributed by atoms with Crippen molar-refractivity contribution in [2.24, 2.45) is 5.41 Å². The number of ether oxygens (including phenoxy) is 2. The highest BCUT2D eigenvalue weighted by Gasteiger charge is 2.30. The van der Waals surface area contributed by atoms with E-state index in [1.165, 1.54) is 128 Å². The van der Waals surface area contributed by atoms with E-state index in [1.54, 1.807) is 0 Å². The van der Waals surface area contributed by atoms with Crippen molar-refractivity contribution in [3.63, 3.8) is 0 Å². The van der Waals surface area contributed by atoms with Crippen LogP contribution in [0.5, 0.6) is 0 Å². The monoisotopic (exact) mass is 611 g/mol. The predicted molar refractivity (Wildman–Crippen MR) is 184 cm³/mol. The third-order valence-electron chi connectivity index (χ3n) is 9.12. The third-order valence-corrected chi connectivity index (χ3v) is 9.12. The molecule has 0 spiro atoms. The molecule has 2 amide bonds. The van der Waals surface area contributed by atoms with Crippen molar-refractivity contribution in [1.82, 2.24) is 10.6 Å². The van der Waals surface area contributed by atoms with Gasteiger partial charge in [-0.2, -0.15) is 0 Å². The first-order valence-corrected chi connectivity index (χ1v) is 18.8. The Kier molecular flexibility index (Phi) is 30.9. The van der Waals surface area contributed by atoms with Crippen LogP contribution >= 0.6 is 0 Å². The lowest BCUT2D eigenvalue weighted by Gasteiger charge is -2.30. The average molecular weight is 611 g/mol. The second-order valence-electron chi connectivity index (χ2n) is 13.0. The van der Waals surface area contributed by atoms with Gasteiger partial charge in [0.25, 0.3) is 0 Å². The average Bonchev–Trinajstić information content (AvgIpc) is 3.02. The minimum Gasteiger partial charge on any atom is -0.449 e. The minimum absolute atomic E-state index is 0.260. The van der Waals surface area contributed by atoms with Gasteiger partial charge in [-0.3, -0.25) is 0 Å². The molecule has 0 aromatic rings. The molecule has 43 heavy (non-hydrogen) atoms. The van der Waals surface area contributed by atoms with E-state index in [0.29, 0.717) is 13.1 Å². The maximum Gasteiger partial charge on any atom is 0.407 e. The molecule has 0 heterocycles. The zero-order valence-electron chi connectivity index (χ0n) is 29.3. The highest BCUT2D eigenvalue weighted by molar-refractivity contribution is 5.67. The van der Waals surface area contributed by atoms with E-state index < -0.39 is 0 Å². The Hall–Kier alpha value is -1.46. The van der Waals surface area contributed by atoms with Crippen LogP contribution in [0, 0.1) is 5.41 Å². The lowest BCUT2D eigenvalue weighted by Crippen LogP contribution is -2.37. The molecule has 0 aliphatic carbocycles. The smallest absolute Gasteiger partial charge is 0.407 e. The Labute approximate surface area is 268 Å². The molecule has 0 bridgehead atoms. The molecule has 0 aromatic carbocycles. The van der Waals surface area contributed by atoms with Crippen molar-refractivity contribution >= 4 is 12.2 Å². The number of alkyl carbamates (subject to hydrolysis) is 2. The molecule has 2 N–H and O–H groups in total. The summed E-state index contributed by atoms with van der Waals surface area (Å²) in [6.07, 6.45) is 32.1. The number of hydrogen-bond acceptors (Lipinski definition) is 4. The Morgan fingerprint density at radius 1 is 0.419 bits per heavy atom. The van der Waals surface area contributed by atoms with Crippen molar-refractivity contribution < 1.29 is 19.1 Å². The van der Waals surface area contributed by atoms with E-state index in [-0.39, 0.29) is 30.8 Å². The van der Waals surface area contributed by atoms with Gasteiger partial charge < -0.3 is 20.1 Å². The van der Waals surface area contributed by atoms with Gasteiger partial charge in [-0.15, -0.1) is 0 Å². The molecule has 0 unspecified atom stereocenters. The summed E-state index contributed by atoms with van der Waals surface area (Å²) in [5.41, 5.74) is -0.347. The fourth-order valence-electron chi connectivity index (χ4n) is 5.55. The van der Waals surface area contributed by atoms with E-state index in [1.807, 2.05) is 0 Å². The molecule has 6 heteroatoms. The van der Waals surface area contributed by atoms with Crippen molar-refractivity contribution in [2.75, 3.05) is 26.3 Å². The van der Waals surface area contributed by atoms with E-state index in [9.17, 15) is 9.59 Å². The van der Waals surface area contributed by atoms with Crippen LogP contribution in [0.25, 0.3) is 0 Å². The van der Waals surface area contributed by atoms with Gasteiger partial charge in [-0.1, -0.05) is 169 Å². The molecule has 0 aliphatic rings. The fourth-order valence-corrected chi connectivity index (χ4v) is 5.55. The van der Waals surface area contributed by atoms with E-state index in [0.717, 1.165) is 38.5 Å². The molecule has 0 saturated heterocycles. The maximum atomic E-state index is 12.3. The molecule has 0 aliphatic heterocycles. The zero-order chi connectivity index (χ0) is 31.7. The first kappa shape index (κ1) is 41.5. The molecular weight excluding hydrogens is 536 g/mol. The van der Waals surface area contributed by atoms with E-state index in [4.69, 9.17) is 9.47 Å². The summed E-state index contributed by atoms with van der Waals surface area (Å²) < 4.78 is 11.1. The Morgan fingerprint density at radius 3 is 0.930 bits per heavy atom. The molecule has 0 rings (SSSR count). The van der Waals surface area contributed by atoms with Gasteiger partial charge in [0.05, 0.1) is 0 Å². The summed E-state index contributed by atoms with van der Waals surface area (Å²) in [7, 11) is 0. The van der Waals surface area contributed by atoms with Gasteiger partial charge in [-0.25, -0.2) is 9.59 Å². The number of carbonyl (C=O) groups is 2. The van der Waals surface area contributed by atoms with Crippen LogP contribution in [0.3, 0.4) is 0 Å². The zero-order valence-corrected chi connectivity index (χ0v) is 29.3. The second kappa shape index (κ2) is 31.9. The van der Waals surface area contributed by atoms with Crippen molar-refractivity contribution in [1.29, 1.82) is 0 Å². The summed E-state index contributed by atoms with van der Waals surface area (Å²) in [6.45, 7) is 10.5. The van der Waals surface area contributed by atoms with E-state index >= 15 is 0 Å². The van der Waals surface area contributed by atoms with Crippen LogP contribution in [0.1, 0.15) is 195 Å². The van der Waals surface area contributed by atoms with E-state index in [2.05, 4.69) is 38.3 Å². The minimum atomic E-state index is -0.370.